The van der Waals surface area contributed by atoms with Gasteiger partial charge in [-0.15, -0.1) is 0 Å². The molecule has 0 amide bonds. The Hall–Kier alpha value is -0.350. The van der Waals surface area contributed by atoms with E-state index in [-0.39, 0.29) is 0 Å². The molecule has 0 aliphatic rings. The van der Waals surface area contributed by atoms with Gasteiger partial charge in [0.15, 0.2) is 0 Å². The molecule has 1 aromatic heterocycles. The Bertz CT molecular complexity index is 347. The average molecular weight is 302 g/mol. The van der Waals surface area contributed by atoms with Gasteiger partial charge in [-0.2, -0.15) is 5.10 Å². The largest absolute Gasteiger partial charge is 0.317 e. The fourth-order valence-electron chi connectivity index (χ4n) is 2.02. The second kappa shape index (κ2) is 7.17. The van der Waals surface area contributed by atoms with Crippen LogP contribution < -0.4 is 5.32 Å². The van der Waals surface area contributed by atoms with Crippen LogP contribution in [0.5, 0.6) is 0 Å². The van der Waals surface area contributed by atoms with E-state index in [1.54, 1.807) is 0 Å². The molecule has 0 spiro atoms. The highest BCUT2D eigenvalue weighted by atomic mass is 79.9. The Morgan fingerprint density at radius 3 is 2.71 bits per heavy atom. The van der Waals surface area contributed by atoms with Gasteiger partial charge in [-0.05, 0) is 61.6 Å². The molecule has 4 heteroatoms. The molecule has 3 nitrogen and oxygen atoms in total. The minimum atomic E-state index is 0.687. The molecule has 0 radical (unpaired) electrons. The maximum absolute atomic E-state index is 4.53. The third-order valence-corrected chi connectivity index (χ3v) is 4.09. The predicted molar refractivity (Wildman–Crippen MR) is 76.4 cm³/mol. The van der Waals surface area contributed by atoms with Crippen LogP contribution in [0.1, 0.15) is 38.6 Å². The van der Waals surface area contributed by atoms with E-state index in [9.17, 15) is 0 Å². The van der Waals surface area contributed by atoms with Crippen LogP contribution in [0.4, 0.5) is 0 Å². The van der Waals surface area contributed by atoms with Crippen LogP contribution in [0, 0.1) is 12.8 Å². The number of aryl methyl sites for hydroxylation is 2. The summed E-state index contributed by atoms with van der Waals surface area (Å²) >= 11 is 3.65. The Kier molecular flexibility index (Phi) is 6.20. The third-order valence-electron chi connectivity index (χ3n) is 3.06. The van der Waals surface area contributed by atoms with E-state index in [1.165, 1.54) is 16.6 Å². The highest BCUT2D eigenvalue weighted by Gasteiger charge is 2.14. The Morgan fingerprint density at radius 2 is 2.12 bits per heavy atom. The van der Waals surface area contributed by atoms with Crippen molar-refractivity contribution in [3.05, 3.63) is 15.9 Å². The van der Waals surface area contributed by atoms with Gasteiger partial charge in [-0.3, -0.25) is 4.68 Å². The van der Waals surface area contributed by atoms with Crippen LogP contribution in [0.3, 0.4) is 0 Å². The highest BCUT2D eigenvalue weighted by molar-refractivity contribution is 9.10. The van der Waals surface area contributed by atoms with Gasteiger partial charge in [0.25, 0.3) is 0 Å². The maximum Gasteiger partial charge on any atom is 0.0738 e. The van der Waals surface area contributed by atoms with Crippen molar-refractivity contribution < 1.29 is 0 Å². The first-order chi connectivity index (χ1) is 8.10. The van der Waals surface area contributed by atoms with E-state index < -0.39 is 0 Å². The van der Waals surface area contributed by atoms with Crippen molar-refractivity contribution in [1.82, 2.24) is 15.1 Å². The van der Waals surface area contributed by atoms with E-state index in [0.29, 0.717) is 5.92 Å². The summed E-state index contributed by atoms with van der Waals surface area (Å²) in [5.74, 6) is 0.687. The molecule has 0 aliphatic carbocycles. The number of hydrogen-bond acceptors (Lipinski definition) is 2. The summed E-state index contributed by atoms with van der Waals surface area (Å²) in [6.07, 6.45) is 2.31. The molecule has 1 rings (SSSR count). The molecular formula is C13H24BrN3. The number of halogens is 1. The summed E-state index contributed by atoms with van der Waals surface area (Å²) in [5.41, 5.74) is 2.44. The molecule has 1 N–H and O–H groups in total. The average Bonchev–Trinajstić information content (AvgIpc) is 2.57. The van der Waals surface area contributed by atoms with Crippen molar-refractivity contribution >= 4 is 15.9 Å². The molecule has 0 fully saturated rings. The normalized spacial score (nSPS) is 13.0. The van der Waals surface area contributed by atoms with Gasteiger partial charge in [0.2, 0.25) is 0 Å². The smallest absolute Gasteiger partial charge is 0.0738 e. The Balaban J connectivity index is 2.60. The van der Waals surface area contributed by atoms with Crippen LogP contribution >= 0.6 is 15.9 Å². The van der Waals surface area contributed by atoms with Crippen LogP contribution in [0.25, 0.3) is 0 Å². The maximum atomic E-state index is 4.53. The number of nitrogens with zero attached hydrogens (tertiary/aromatic N) is 2. The summed E-state index contributed by atoms with van der Waals surface area (Å²) in [5, 5.41) is 7.91. The first-order valence-electron chi connectivity index (χ1n) is 6.52. The van der Waals surface area contributed by atoms with Crippen LogP contribution in [-0.2, 0) is 13.0 Å². The van der Waals surface area contributed by atoms with Crippen LogP contribution in [-0.4, -0.2) is 22.9 Å². The zero-order chi connectivity index (χ0) is 12.8. The standard InChI is InChI=1S/C13H24BrN3/c1-5-15-8-7-10(3)9-12-13(14)11(4)16-17(12)6-2/h10,15H,5-9H2,1-4H3. The minimum absolute atomic E-state index is 0.687. The molecule has 0 aromatic carbocycles. The number of nitrogens with one attached hydrogen (secondary N) is 1. The molecule has 1 heterocycles. The third kappa shape index (κ3) is 4.11. The fourth-order valence-corrected chi connectivity index (χ4v) is 2.47. The van der Waals surface area contributed by atoms with Gasteiger partial charge >= 0.3 is 0 Å². The summed E-state index contributed by atoms with van der Waals surface area (Å²) in [4.78, 5) is 0. The Morgan fingerprint density at radius 1 is 1.41 bits per heavy atom. The first kappa shape index (κ1) is 14.7. The van der Waals surface area contributed by atoms with Gasteiger partial charge < -0.3 is 5.32 Å². The number of hydrogen-bond donors (Lipinski definition) is 1. The second-order valence-corrected chi connectivity index (χ2v) is 5.41. The van der Waals surface area contributed by atoms with E-state index in [0.717, 1.165) is 31.7 Å². The van der Waals surface area contributed by atoms with Crippen molar-refractivity contribution in [2.75, 3.05) is 13.1 Å². The topological polar surface area (TPSA) is 29.9 Å². The van der Waals surface area contributed by atoms with Crippen molar-refractivity contribution in [2.24, 2.45) is 5.92 Å². The highest BCUT2D eigenvalue weighted by Crippen LogP contribution is 2.24. The number of aromatic nitrogens is 2. The molecule has 0 saturated carbocycles. The SMILES string of the molecule is CCNCCC(C)Cc1c(Br)c(C)nn1CC. The van der Waals surface area contributed by atoms with E-state index in [1.807, 2.05) is 0 Å². The molecule has 98 valence electrons. The fraction of sp³-hybridized carbons (Fsp3) is 0.769. The second-order valence-electron chi connectivity index (χ2n) is 4.61. The van der Waals surface area contributed by atoms with Gasteiger partial charge in [0.1, 0.15) is 0 Å². The molecule has 0 aliphatic heterocycles. The van der Waals surface area contributed by atoms with Crippen molar-refractivity contribution in [1.29, 1.82) is 0 Å². The number of rotatable bonds is 7. The van der Waals surface area contributed by atoms with Crippen LogP contribution in [0.2, 0.25) is 0 Å². The molecule has 17 heavy (non-hydrogen) atoms. The van der Waals surface area contributed by atoms with E-state index in [4.69, 9.17) is 0 Å². The Labute approximate surface area is 113 Å². The molecular weight excluding hydrogens is 278 g/mol. The lowest BCUT2D eigenvalue weighted by atomic mass is 10.0. The zero-order valence-corrected chi connectivity index (χ0v) is 13.0. The van der Waals surface area contributed by atoms with Crippen LogP contribution in [0.15, 0.2) is 4.47 Å². The lowest BCUT2D eigenvalue weighted by molar-refractivity contribution is 0.480. The van der Waals surface area contributed by atoms with E-state index in [2.05, 4.69) is 58.7 Å². The monoisotopic (exact) mass is 301 g/mol. The molecule has 1 aromatic rings. The van der Waals surface area contributed by atoms with Gasteiger partial charge in [-0.25, -0.2) is 0 Å². The summed E-state index contributed by atoms with van der Waals surface area (Å²) in [7, 11) is 0. The molecule has 0 bridgehead atoms. The quantitative estimate of drug-likeness (QED) is 0.784. The van der Waals surface area contributed by atoms with Crippen molar-refractivity contribution in [2.45, 2.75) is 47.1 Å². The predicted octanol–water partition coefficient (Wildman–Crippen LogP) is 3.15. The summed E-state index contributed by atoms with van der Waals surface area (Å²) < 4.78 is 3.30. The van der Waals surface area contributed by atoms with Gasteiger partial charge in [0.05, 0.1) is 15.9 Å². The first-order valence-corrected chi connectivity index (χ1v) is 7.31. The summed E-state index contributed by atoms with van der Waals surface area (Å²) in [6, 6.07) is 0. The van der Waals surface area contributed by atoms with Gasteiger partial charge in [-0.1, -0.05) is 13.8 Å². The lowest BCUT2D eigenvalue weighted by Gasteiger charge is -2.13. The molecule has 1 atom stereocenters. The minimum Gasteiger partial charge on any atom is -0.317 e. The van der Waals surface area contributed by atoms with Crippen molar-refractivity contribution in [3.8, 4) is 0 Å². The zero-order valence-electron chi connectivity index (χ0n) is 11.4. The molecule has 0 saturated heterocycles. The van der Waals surface area contributed by atoms with E-state index >= 15 is 0 Å². The van der Waals surface area contributed by atoms with Gasteiger partial charge in [0, 0.05) is 6.54 Å². The van der Waals surface area contributed by atoms with Crippen molar-refractivity contribution in [3.63, 3.8) is 0 Å². The lowest BCUT2D eigenvalue weighted by Crippen LogP contribution is -2.18. The molecule has 1 unspecified atom stereocenters. The summed E-state index contributed by atoms with van der Waals surface area (Å²) in [6.45, 7) is 11.8.